The van der Waals surface area contributed by atoms with E-state index >= 15 is 0 Å². The quantitative estimate of drug-likeness (QED) is 0.839. The lowest BCUT2D eigenvalue weighted by Crippen LogP contribution is -2.49. The fourth-order valence-electron chi connectivity index (χ4n) is 4.46. The molecule has 2 bridgehead atoms. The van der Waals surface area contributed by atoms with E-state index in [4.69, 9.17) is 0 Å². The van der Waals surface area contributed by atoms with Gasteiger partial charge >= 0.3 is 0 Å². The van der Waals surface area contributed by atoms with Crippen LogP contribution in [-0.2, 0) is 6.54 Å². The van der Waals surface area contributed by atoms with E-state index in [9.17, 15) is 0 Å². The predicted molar refractivity (Wildman–Crippen MR) is 81.9 cm³/mol. The maximum atomic E-state index is 3.86. The lowest BCUT2D eigenvalue weighted by atomic mass is 9.68. The van der Waals surface area contributed by atoms with Crippen LogP contribution in [0.1, 0.15) is 44.9 Å². The molecule has 1 aromatic heterocycles. The molecule has 3 atom stereocenters. The van der Waals surface area contributed by atoms with Gasteiger partial charge in [0.2, 0.25) is 0 Å². The largest absolute Gasteiger partial charge is 0.308 e. The van der Waals surface area contributed by atoms with Gasteiger partial charge in [-0.2, -0.15) is 0 Å². The van der Waals surface area contributed by atoms with E-state index < -0.39 is 0 Å². The van der Waals surface area contributed by atoms with Crippen molar-refractivity contribution in [3.05, 3.63) is 20.8 Å². The molecule has 2 aliphatic carbocycles. The Balaban J connectivity index is 1.72. The zero-order valence-electron chi connectivity index (χ0n) is 11.4. The molecule has 0 spiro atoms. The van der Waals surface area contributed by atoms with Crippen molar-refractivity contribution < 1.29 is 0 Å². The van der Waals surface area contributed by atoms with E-state index in [1.807, 2.05) is 11.3 Å². The SMILES string of the molecule is CC12CCC(C1)C(C)(C)C2NCc1cc(Br)cs1. The van der Waals surface area contributed by atoms with Crippen molar-refractivity contribution in [2.45, 2.75) is 52.6 Å². The van der Waals surface area contributed by atoms with Gasteiger partial charge in [0.25, 0.3) is 0 Å². The molecule has 0 radical (unpaired) electrons. The van der Waals surface area contributed by atoms with Crippen molar-refractivity contribution in [1.29, 1.82) is 0 Å². The molecule has 18 heavy (non-hydrogen) atoms. The summed E-state index contributed by atoms with van der Waals surface area (Å²) in [5.74, 6) is 0.926. The van der Waals surface area contributed by atoms with E-state index in [2.05, 4.69) is 53.5 Å². The number of nitrogens with one attached hydrogen (secondary N) is 1. The predicted octanol–water partition coefficient (Wildman–Crippen LogP) is 4.82. The summed E-state index contributed by atoms with van der Waals surface area (Å²) >= 11 is 5.38. The van der Waals surface area contributed by atoms with Crippen molar-refractivity contribution in [3.63, 3.8) is 0 Å². The Kier molecular flexibility index (Phi) is 3.15. The van der Waals surface area contributed by atoms with Gasteiger partial charge in [0.1, 0.15) is 0 Å². The minimum absolute atomic E-state index is 0.460. The Morgan fingerprint density at radius 2 is 2.22 bits per heavy atom. The van der Waals surface area contributed by atoms with Crippen LogP contribution in [0.3, 0.4) is 0 Å². The summed E-state index contributed by atoms with van der Waals surface area (Å²) in [7, 11) is 0. The van der Waals surface area contributed by atoms with Gasteiger partial charge in [-0.3, -0.25) is 0 Å². The van der Waals surface area contributed by atoms with Crippen LogP contribution in [0.25, 0.3) is 0 Å². The molecule has 0 aromatic carbocycles. The van der Waals surface area contributed by atoms with Crippen LogP contribution in [0.15, 0.2) is 15.9 Å². The summed E-state index contributed by atoms with van der Waals surface area (Å²) in [5, 5.41) is 6.03. The highest BCUT2D eigenvalue weighted by atomic mass is 79.9. The molecule has 3 rings (SSSR count). The van der Waals surface area contributed by atoms with Crippen molar-refractivity contribution >= 4 is 27.3 Å². The smallest absolute Gasteiger partial charge is 0.0303 e. The van der Waals surface area contributed by atoms with Crippen LogP contribution >= 0.6 is 27.3 Å². The molecule has 100 valence electrons. The van der Waals surface area contributed by atoms with E-state index in [0.717, 1.165) is 12.5 Å². The maximum Gasteiger partial charge on any atom is 0.0303 e. The molecular formula is C15H22BrNS. The van der Waals surface area contributed by atoms with E-state index in [1.54, 1.807) is 0 Å². The standard InChI is InChI=1S/C15H22BrNS/c1-14(2)10-4-5-15(3,7-10)13(14)17-8-12-6-11(16)9-18-12/h6,9-10,13,17H,4-5,7-8H2,1-3H3. The zero-order chi connectivity index (χ0) is 13.0. The Bertz CT molecular complexity index is 448. The maximum absolute atomic E-state index is 3.86. The summed E-state index contributed by atoms with van der Waals surface area (Å²) < 4.78 is 1.21. The first-order valence-electron chi connectivity index (χ1n) is 6.88. The monoisotopic (exact) mass is 327 g/mol. The second kappa shape index (κ2) is 4.32. The van der Waals surface area contributed by atoms with Crippen LogP contribution < -0.4 is 5.32 Å². The molecule has 2 aliphatic rings. The second-order valence-corrected chi connectivity index (χ2v) is 8.87. The highest BCUT2D eigenvalue weighted by Gasteiger charge is 2.58. The molecule has 1 N–H and O–H groups in total. The summed E-state index contributed by atoms with van der Waals surface area (Å²) in [6.07, 6.45) is 4.27. The van der Waals surface area contributed by atoms with Gasteiger partial charge in [-0.05, 0) is 58.0 Å². The molecule has 3 unspecified atom stereocenters. The first kappa shape index (κ1) is 13.1. The summed E-state index contributed by atoms with van der Waals surface area (Å²) in [5.41, 5.74) is 0.990. The summed E-state index contributed by atoms with van der Waals surface area (Å²) in [6.45, 7) is 8.44. The third-order valence-electron chi connectivity index (χ3n) is 5.37. The number of fused-ring (bicyclic) bond motifs is 2. The molecule has 1 heterocycles. The average Bonchev–Trinajstić information content (AvgIpc) is 2.89. The van der Waals surface area contributed by atoms with Gasteiger partial charge in [-0.25, -0.2) is 0 Å². The third-order valence-corrected chi connectivity index (χ3v) is 7.07. The Morgan fingerprint density at radius 1 is 1.44 bits per heavy atom. The molecule has 2 fully saturated rings. The molecule has 0 amide bonds. The number of halogens is 1. The minimum atomic E-state index is 0.460. The van der Waals surface area contributed by atoms with Gasteiger partial charge in [0, 0.05) is 27.3 Å². The fourth-order valence-corrected chi connectivity index (χ4v) is 5.86. The Labute approximate surface area is 122 Å². The summed E-state index contributed by atoms with van der Waals surface area (Å²) in [6, 6.07) is 2.91. The number of hydrogen-bond donors (Lipinski definition) is 1. The lowest BCUT2D eigenvalue weighted by molar-refractivity contribution is 0.108. The van der Waals surface area contributed by atoms with E-state index in [1.165, 1.54) is 28.6 Å². The highest BCUT2D eigenvalue weighted by molar-refractivity contribution is 9.10. The minimum Gasteiger partial charge on any atom is -0.308 e. The topological polar surface area (TPSA) is 12.0 Å². The van der Waals surface area contributed by atoms with Gasteiger partial charge in [0.05, 0.1) is 0 Å². The Morgan fingerprint density at radius 3 is 2.78 bits per heavy atom. The average molecular weight is 328 g/mol. The van der Waals surface area contributed by atoms with E-state index in [-0.39, 0.29) is 0 Å². The molecular weight excluding hydrogens is 306 g/mol. The number of rotatable bonds is 3. The van der Waals surface area contributed by atoms with Gasteiger partial charge < -0.3 is 5.32 Å². The fraction of sp³-hybridized carbons (Fsp3) is 0.733. The number of thiophene rings is 1. The van der Waals surface area contributed by atoms with Crippen molar-refractivity contribution in [2.75, 3.05) is 0 Å². The van der Waals surface area contributed by atoms with Crippen LogP contribution in [0.5, 0.6) is 0 Å². The van der Waals surface area contributed by atoms with Crippen molar-refractivity contribution in [3.8, 4) is 0 Å². The Hall–Kier alpha value is 0.140. The number of hydrogen-bond acceptors (Lipinski definition) is 2. The zero-order valence-corrected chi connectivity index (χ0v) is 13.8. The molecule has 1 nitrogen and oxygen atoms in total. The first-order valence-corrected chi connectivity index (χ1v) is 8.55. The van der Waals surface area contributed by atoms with Crippen LogP contribution in [-0.4, -0.2) is 6.04 Å². The van der Waals surface area contributed by atoms with Gasteiger partial charge in [0.15, 0.2) is 0 Å². The highest BCUT2D eigenvalue weighted by Crippen LogP contribution is 2.62. The molecule has 1 aromatic rings. The van der Waals surface area contributed by atoms with Crippen molar-refractivity contribution in [1.82, 2.24) is 5.32 Å². The van der Waals surface area contributed by atoms with Crippen LogP contribution in [0, 0.1) is 16.7 Å². The normalized spacial score (nSPS) is 37.3. The molecule has 0 aliphatic heterocycles. The molecule has 2 saturated carbocycles. The third kappa shape index (κ3) is 1.99. The van der Waals surface area contributed by atoms with Gasteiger partial charge in [-0.1, -0.05) is 20.8 Å². The first-order chi connectivity index (χ1) is 8.42. The molecule has 0 saturated heterocycles. The van der Waals surface area contributed by atoms with Gasteiger partial charge in [-0.15, -0.1) is 11.3 Å². The summed E-state index contributed by atoms with van der Waals surface area (Å²) in [4.78, 5) is 1.43. The lowest BCUT2D eigenvalue weighted by Gasteiger charge is -2.43. The van der Waals surface area contributed by atoms with Crippen LogP contribution in [0.4, 0.5) is 0 Å². The van der Waals surface area contributed by atoms with E-state index in [0.29, 0.717) is 16.9 Å². The van der Waals surface area contributed by atoms with Crippen LogP contribution in [0.2, 0.25) is 0 Å². The second-order valence-electron chi connectivity index (χ2n) is 6.96. The van der Waals surface area contributed by atoms with Crippen molar-refractivity contribution in [2.24, 2.45) is 16.7 Å². The molecule has 3 heteroatoms.